The van der Waals surface area contributed by atoms with Crippen LogP contribution in [0.3, 0.4) is 0 Å². The number of pyridine rings is 2. The van der Waals surface area contributed by atoms with E-state index >= 15 is 0 Å². The highest BCUT2D eigenvalue weighted by Crippen LogP contribution is 2.27. The van der Waals surface area contributed by atoms with Gasteiger partial charge < -0.3 is 9.84 Å². The maximum atomic E-state index is 11.0. The summed E-state index contributed by atoms with van der Waals surface area (Å²) in [5.41, 5.74) is 0.0419. The third-order valence-electron chi connectivity index (χ3n) is 2.19. The third kappa shape index (κ3) is 3.45. The van der Waals surface area contributed by atoms with E-state index in [4.69, 9.17) is 9.84 Å². The summed E-state index contributed by atoms with van der Waals surface area (Å²) in [5.74, 6) is 0.634. The summed E-state index contributed by atoms with van der Waals surface area (Å²) >= 11 is 1.41. The Morgan fingerprint density at radius 2 is 2.26 bits per heavy atom. The van der Waals surface area contributed by atoms with Crippen molar-refractivity contribution in [1.29, 1.82) is 0 Å². The van der Waals surface area contributed by atoms with Crippen LogP contribution in [0.4, 0.5) is 0 Å². The number of carboxylic acids is 1. The van der Waals surface area contributed by atoms with Gasteiger partial charge in [-0.1, -0.05) is 13.0 Å². The van der Waals surface area contributed by atoms with Gasteiger partial charge in [0.25, 0.3) is 0 Å². The molecule has 0 amide bonds. The quantitative estimate of drug-likeness (QED) is 0.846. The molecule has 0 atom stereocenters. The van der Waals surface area contributed by atoms with Crippen molar-refractivity contribution in [1.82, 2.24) is 9.97 Å². The lowest BCUT2D eigenvalue weighted by Gasteiger charge is -2.07. The van der Waals surface area contributed by atoms with Crippen LogP contribution in [0.25, 0.3) is 0 Å². The van der Waals surface area contributed by atoms with Gasteiger partial charge in [-0.25, -0.2) is 14.8 Å². The second-order valence-electron chi connectivity index (χ2n) is 3.53. The van der Waals surface area contributed by atoms with Crippen LogP contribution in [0, 0.1) is 0 Å². The molecule has 0 radical (unpaired) electrons. The minimum absolute atomic E-state index is 0.0419. The Morgan fingerprint density at radius 3 is 2.89 bits per heavy atom. The summed E-state index contributed by atoms with van der Waals surface area (Å²) in [4.78, 5) is 19.6. The van der Waals surface area contributed by atoms with Crippen molar-refractivity contribution in [3.05, 3.63) is 42.4 Å². The third-order valence-corrected chi connectivity index (χ3v) is 3.10. The molecule has 0 aliphatic heterocycles. The highest BCUT2D eigenvalue weighted by atomic mass is 32.2. The summed E-state index contributed by atoms with van der Waals surface area (Å²) in [7, 11) is 0. The van der Waals surface area contributed by atoms with E-state index in [2.05, 4.69) is 9.97 Å². The largest absolute Gasteiger partial charge is 0.476 e. The fourth-order valence-electron chi connectivity index (χ4n) is 1.44. The number of ether oxygens (including phenoxy) is 1. The second kappa shape index (κ2) is 6.19. The molecule has 5 nitrogen and oxygen atoms in total. The van der Waals surface area contributed by atoms with Crippen LogP contribution < -0.4 is 4.74 Å². The van der Waals surface area contributed by atoms with E-state index in [0.717, 1.165) is 5.75 Å². The van der Waals surface area contributed by atoms with Crippen molar-refractivity contribution in [2.75, 3.05) is 5.75 Å². The molecule has 2 heterocycles. The molecule has 0 unspecified atom stereocenters. The van der Waals surface area contributed by atoms with Crippen LogP contribution in [0.1, 0.15) is 17.4 Å². The first kappa shape index (κ1) is 13.4. The van der Waals surface area contributed by atoms with Crippen LogP contribution in [-0.4, -0.2) is 26.8 Å². The van der Waals surface area contributed by atoms with Crippen molar-refractivity contribution in [2.45, 2.75) is 11.8 Å². The van der Waals surface area contributed by atoms with Crippen molar-refractivity contribution in [3.63, 3.8) is 0 Å². The molecular weight excluding hydrogens is 264 g/mol. The molecule has 2 aromatic rings. The minimum atomic E-state index is -1.04. The van der Waals surface area contributed by atoms with Crippen LogP contribution in [0.2, 0.25) is 0 Å². The topological polar surface area (TPSA) is 72.3 Å². The van der Waals surface area contributed by atoms with Gasteiger partial charge in [0.05, 0.1) is 6.20 Å². The van der Waals surface area contributed by atoms with Gasteiger partial charge in [0.2, 0.25) is 5.88 Å². The smallest absolute Gasteiger partial charge is 0.355 e. The van der Waals surface area contributed by atoms with Gasteiger partial charge in [-0.05, 0) is 17.9 Å². The van der Waals surface area contributed by atoms with E-state index in [1.807, 2.05) is 13.0 Å². The molecule has 2 rings (SSSR count). The second-order valence-corrected chi connectivity index (χ2v) is 4.83. The number of hydrogen-bond acceptors (Lipinski definition) is 5. The van der Waals surface area contributed by atoms with Crippen LogP contribution in [0.5, 0.6) is 11.6 Å². The number of carboxylic acid groups (broad SMARTS) is 1. The maximum absolute atomic E-state index is 11.0. The number of thioether (sulfide) groups is 1. The fraction of sp³-hybridized carbons (Fsp3) is 0.154. The Labute approximate surface area is 114 Å². The first-order valence-corrected chi connectivity index (χ1v) is 6.64. The van der Waals surface area contributed by atoms with Crippen LogP contribution in [-0.2, 0) is 0 Å². The van der Waals surface area contributed by atoms with Gasteiger partial charge in [0.1, 0.15) is 5.75 Å². The van der Waals surface area contributed by atoms with E-state index in [1.54, 1.807) is 24.4 Å². The first-order valence-electron chi connectivity index (χ1n) is 5.65. The molecule has 0 spiro atoms. The molecule has 0 saturated heterocycles. The molecule has 1 N–H and O–H groups in total. The molecule has 19 heavy (non-hydrogen) atoms. The molecule has 0 aliphatic rings. The Kier molecular flexibility index (Phi) is 4.35. The molecule has 0 aromatic carbocycles. The van der Waals surface area contributed by atoms with Crippen molar-refractivity contribution >= 4 is 17.7 Å². The SMILES string of the molecule is CCSc1cc(Oc2ccccn2)cnc1C(=O)O. The average molecular weight is 276 g/mol. The number of hydrogen-bond donors (Lipinski definition) is 1. The number of aromatic nitrogens is 2. The molecule has 0 fully saturated rings. The monoisotopic (exact) mass is 276 g/mol. The average Bonchev–Trinajstić information content (AvgIpc) is 2.40. The molecule has 6 heteroatoms. The molecule has 98 valence electrons. The predicted octanol–water partition coefficient (Wildman–Crippen LogP) is 3.08. The highest BCUT2D eigenvalue weighted by molar-refractivity contribution is 7.99. The molecule has 2 aromatic heterocycles. The summed E-state index contributed by atoms with van der Waals surface area (Å²) < 4.78 is 5.52. The zero-order chi connectivity index (χ0) is 13.7. The van der Waals surface area contributed by atoms with Gasteiger partial charge in [0, 0.05) is 17.2 Å². The predicted molar refractivity (Wildman–Crippen MR) is 71.9 cm³/mol. The number of rotatable bonds is 5. The summed E-state index contributed by atoms with van der Waals surface area (Å²) in [5, 5.41) is 9.04. The van der Waals surface area contributed by atoms with Crippen LogP contribution >= 0.6 is 11.8 Å². The van der Waals surface area contributed by atoms with Crippen molar-refractivity contribution in [2.24, 2.45) is 0 Å². The zero-order valence-electron chi connectivity index (χ0n) is 10.2. The lowest BCUT2D eigenvalue weighted by Crippen LogP contribution is -2.03. The Hall–Kier alpha value is -2.08. The molecule has 0 saturated carbocycles. The highest BCUT2D eigenvalue weighted by Gasteiger charge is 2.13. The fourth-order valence-corrected chi connectivity index (χ4v) is 2.22. The zero-order valence-corrected chi connectivity index (χ0v) is 11.1. The van der Waals surface area contributed by atoms with E-state index in [1.165, 1.54) is 18.0 Å². The lowest BCUT2D eigenvalue weighted by molar-refractivity contribution is 0.0686. The Balaban J connectivity index is 2.27. The standard InChI is InChI=1S/C13H12N2O3S/c1-2-19-10-7-9(8-15-12(10)13(16)17)18-11-5-3-4-6-14-11/h3-8H,2H2,1H3,(H,16,17). The first-order chi connectivity index (χ1) is 9.20. The van der Waals surface area contributed by atoms with Crippen LogP contribution in [0.15, 0.2) is 41.6 Å². The lowest BCUT2D eigenvalue weighted by atomic mass is 10.3. The maximum Gasteiger partial charge on any atom is 0.355 e. The van der Waals surface area contributed by atoms with Crippen molar-refractivity contribution < 1.29 is 14.6 Å². The summed E-state index contributed by atoms with van der Waals surface area (Å²) in [6, 6.07) is 6.98. The molecule has 0 bridgehead atoms. The van der Waals surface area contributed by atoms with Gasteiger partial charge in [0.15, 0.2) is 5.69 Å². The summed E-state index contributed by atoms with van der Waals surface area (Å²) in [6.07, 6.45) is 3.01. The van der Waals surface area contributed by atoms with Crippen molar-refractivity contribution in [3.8, 4) is 11.6 Å². The number of nitrogens with zero attached hydrogens (tertiary/aromatic N) is 2. The molecule has 0 aliphatic carbocycles. The Bertz CT molecular complexity index is 575. The minimum Gasteiger partial charge on any atom is -0.476 e. The number of carbonyl (C=O) groups is 1. The van der Waals surface area contributed by atoms with Gasteiger partial charge in [-0.15, -0.1) is 11.8 Å². The normalized spacial score (nSPS) is 10.2. The molecular formula is C13H12N2O3S. The van der Waals surface area contributed by atoms with Gasteiger partial charge >= 0.3 is 5.97 Å². The van der Waals surface area contributed by atoms with Gasteiger partial charge in [-0.3, -0.25) is 0 Å². The van der Waals surface area contributed by atoms with E-state index in [-0.39, 0.29) is 5.69 Å². The Morgan fingerprint density at radius 1 is 1.42 bits per heavy atom. The summed E-state index contributed by atoms with van der Waals surface area (Å²) in [6.45, 7) is 1.95. The number of aromatic carboxylic acids is 1. The van der Waals surface area contributed by atoms with E-state index in [0.29, 0.717) is 16.5 Å². The van der Waals surface area contributed by atoms with E-state index in [9.17, 15) is 4.79 Å². The van der Waals surface area contributed by atoms with Gasteiger partial charge in [-0.2, -0.15) is 0 Å². The van der Waals surface area contributed by atoms with E-state index < -0.39 is 5.97 Å².